The van der Waals surface area contributed by atoms with Gasteiger partial charge in [-0.25, -0.2) is 14.5 Å². The van der Waals surface area contributed by atoms with Crippen LogP contribution in [0, 0.1) is 0 Å². The summed E-state index contributed by atoms with van der Waals surface area (Å²) in [5.74, 6) is -0.644. The smallest absolute Gasteiger partial charge is 0.361 e. The Bertz CT molecular complexity index is 1330. The van der Waals surface area contributed by atoms with E-state index in [1.54, 1.807) is 35.0 Å². The van der Waals surface area contributed by atoms with Crippen LogP contribution in [0.3, 0.4) is 0 Å². The molecule has 0 unspecified atom stereocenters. The summed E-state index contributed by atoms with van der Waals surface area (Å²) >= 11 is 12.0. The number of ether oxygens (including phenoxy) is 1. The number of esters is 1. The molecule has 4 rings (SSSR count). The molecule has 0 saturated carbocycles. The molecule has 0 aliphatic rings. The molecule has 4 aromatic rings. The van der Waals surface area contributed by atoms with Crippen molar-refractivity contribution < 1.29 is 9.53 Å². The van der Waals surface area contributed by atoms with Gasteiger partial charge in [-0.2, -0.15) is 0 Å². The number of halogens is 2. The first-order valence-corrected chi connectivity index (χ1v) is 10.3. The summed E-state index contributed by atoms with van der Waals surface area (Å²) in [6.07, 6.45) is 2.83. The van der Waals surface area contributed by atoms with Gasteiger partial charge in [0.05, 0.1) is 22.1 Å². The van der Waals surface area contributed by atoms with Crippen LogP contribution in [0.25, 0.3) is 11.3 Å². The van der Waals surface area contributed by atoms with Gasteiger partial charge in [0.2, 0.25) is 0 Å². The van der Waals surface area contributed by atoms with Gasteiger partial charge in [-0.3, -0.25) is 9.20 Å². The lowest BCUT2D eigenvalue weighted by atomic mass is 10.2. The highest BCUT2D eigenvalue weighted by atomic mass is 35.5. The first-order valence-electron chi connectivity index (χ1n) is 9.51. The second kappa shape index (κ2) is 8.87. The monoisotopic (exact) mass is 457 g/mol. The lowest BCUT2D eigenvalue weighted by Crippen LogP contribution is -2.17. The van der Waals surface area contributed by atoms with Crippen LogP contribution in [0.4, 0.5) is 0 Å². The summed E-state index contributed by atoms with van der Waals surface area (Å²) < 4.78 is 8.29. The second-order valence-electron chi connectivity index (χ2n) is 6.76. The summed E-state index contributed by atoms with van der Waals surface area (Å²) in [5.41, 5.74) is 1.84. The number of aromatic nitrogens is 5. The molecular weight excluding hydrogens is 441 g/mol. The molecule has 1 aromatic carbocycles. The van der Waals surface area contributed by atoms with E-state index in [2.05, 4.69) is 15.3 Å². The molecule has 3 heterocycles. The van der Waals surface area contributed by atoms with Crippen LogP contribution in [0.2, 0.25) is 10.0 Å². The molecule has 10 heteroatoms. The van der Waals surface area contributed by atoms with E-state index < -0.39 is 5.97 Å². The van der Waals surface area contributed by atoms with Gasteiger partial charge in [-0.1, -0.05) is 47.8 Å². The highest BCUT2D eigenvalue weighted by Crippen LogP contribution is 2.19. The van der Waals surface area contributed by atoms with Gasteiger partial charge in [0, 0.05) is 17.3 Å². The lowest BCUT2D eigenvalue weighted by molar-refractivity contribution is 0.0459. The van der Waals surface area contributed by atoms with E-state index in [0.29, 0.717) is 39.2 Å². The number of hydrogen-bond donors (Lipinski definition) is 0. The van der Waals surface area contributed by atoms with Crippen LogP contribution < -0.4 is 5.56 Å². The molecule has 0 N–H and O–H groups in total. The average Bonchev–Trinajstić information content (AvgIpc) is 3.16. The van der Waals surface area contributed by atoms with Gasteiger partial charge >= 0.3 is 5.97 Å². The molecule has 0 radical (unpaired) electrons. The molecule has 0 amide bonds. The Morgan fingerprint density at radius 2 is 1.97 bits per heavy atom. The van der Waals surface area contributed by atoms with Crippen molar-refractivity contribution in [3.63, 3.8) is 0 Å². The fraction of sp³-hybridized carbons (Fsp3) is 0.190. The molecule has 0 aliphatic heterocycles. The minimum absolute atomic E-state index is 0.117. The molecule has 0 fully saturated rings. The summed E-state index contributed by atoms with van der Waals surface area (Å²) in [5, 5.41) is 9.10. The molecular formula is C21H17Cl2N5O3. The van der Waals surface area contributed by atoms with Gasteiger partial charge in [-0.05, 0) is 36.8 Å². The predicted octanol–water partition coefficient (Wildman–Crippen LogP) is 3.89. The molecule has 8 nitrogen and oxygen atoms in total. The van der Waals surface area contributed by atoms with Crippen molar-refractivity contribution in [3.8, 4) is 5.69 Å². The number of pyridine rings is 1. The predicted molar refractivity (Wildman–Crippen MR) is 116 cm³/mol. The van der Waals surface area contributed by atoms with E-state index in [9.17, 15) is 9.59 Å². The topological polar surface area (TPSA) is 91.4 Å². The lowest BCUT2D eigenvalue weighted by Gasteiger charge is -2.08. The van der Waals surface area contributed by atoms with Crippen LogP contribution >= 0.6 is 23.2 Å². The Balaban J connectivity index is 1.58. The van der Waals surface area contributed by atoms with Gasteiger partial charge in [0.15, 0.2) is 5.69 Å². The first-order chi connectivity index (χ1) is 15.0. The first kappa shape index (κ1) is 21.0. The molecule has 158 valence electrons. The Morgan fingerprint density at radius 3 is 2.74 bits per heavy atom. The molecule has 0 spiro atoms. The number of nitrogens with zero attached hydrogens (tertiary/aromatic N) is 5. The Morgan fingerprint density at radius 1 is 1.13 bits per heavy atom. The van der Waals surface area contributed by atoms with E-state index in [4.69, 9.17) is 27.9 Å². The minimum atomic E-state index is -0.644. The summed E-state index contributed by atoms with van der Waals surface area (Å²) in [6.45, 7) is 1.81. The molecule has 0 atom stereocenters. The van der Waals surface area contributed by atoms with Crippen LogP contribution in [0.15, 0.2) is 53.5 Å². The van der Waals surface area contributed by atoms with E-state index in [-0.39, 0.29) is 17.9 Å². The maximum Gasteiger partial charge on any atom is 0.361 e. The number of carbonyl (C=O) groups excluding carboxylic acids is 1. The summed E-state index contributed by atoms with van der Waals surface area (Å²) in [6, 6.07) is 11.7. The number of rotatable bonds is 6. The van der Waals surface area contributed by atoms with Crippen LogP contribution in [-0.2, 0) is 17.8 Å². The Kier molecular flexibility index (Phi) is 6.01. The summed E-state index contributed by atoms with van der Waals surface area (Å²) in [7, 11) is 0. The number of benzene rings is 1. The highest BCUT2D eigenvalue weighted by Gasteiger charge is 2.22. The molecule has 31 heavy (non-hydrogen) atoms. The minimum Gasteiger partial charge on any atom is -0.454 e. The third kappa shape index (κ3) is 4.45. The van der Waals surface area contributed by atoms with Crippen molar-refractivity contribution >= 4 is 34.8 Å². The van der Waals surface area contributed by atoms with Crippen molar-refractivity contribution in [1.82, 2.24) is 24.4 Å². The number of hydrogen-bond acceptors (Lipinski definition) is 6. The molecule has 0 bridgehead atoms. The van der Waals surface area contributed by atoms with Crippen molar-refractivity contribution in [2.75, 3.05) is 0 Å². The van der Waals surface area contributed by atoms with Gasteiger partial charge in [0.25, 0.3) is 5.56 Å². The quantitative estimate of drug-likeness (QED) is 0.407. The van der Waals surface area contributed by atoms with E-state index in [1.807, 2.05) is 13.0 Å². The molecule has 0 aliphatic carbocycles. The maximum absolute atomic E-state index is 12.7. The van der Waals surface area contributed by atoms with Crippen molar-refractivity contribution in [2.24, 2.45) is 0 Å². The van der Waals surface area contributed by atoms with Crippen molar-refractivity contribution in [3.05, 3.63) is 86.1 Å². The van der Waals surface area contributed by atoms with Gasteiger partial charge in [-0.15, -0.1) is 5.10 Å². The highest BCUT2D eigenvalue weighted by molar-refractivity contribution is 6.30. The third-order valence-electron chi connectivity index (χ3n) is 4.52. The molecule has 0 saturated heterocycles. The maximum atomic E-state index is 12.7. The normalized spacial score (nSPS) is 11.1. The van der Waals surface area contributed by atoms with E-state index >= 15 is 0 Å². The average molecular weight is 458 g/mol. The molecule has 3 aromatic heterocycles. The van der Waals surface area contributed by atoms with Gasteiger partial charge < -0.3 is 4.74 Å². The number of carbonyl (C=O) groups is 1. The SMILES string of the molecule is CCCc1c(C(=O)OCc2cc(=O)n3cc(Cl)ccc3n2)nnn1-c1cccc(Cl)c1. The third-order valence-corrected chi connectivity index (χ3v) is 4.98. The van der Waals surface area contributed by atoms with Crippen molar-refractivity contribution in [1.29, 1.82) is 0 Å². The summed E-state index contributed by atoms with van der Waals surface area (Å²) in [4.78, 5) is 29.3. The number of fused-ring (bicyclic) bond motifs is 1. The van der Waals surface area contributed by atoms with E-state index in [1.165, 1.54) is 16.7 Å². The van der Waals surface area contributed by atoms with Crippen LogP contribution in [0.5, 0.6) is 0 Å². The zero-order valence-electron chi connectivity index (χ0n) is 16.5. The largest absolute Gasteiger partial charge is 0.454 e. The zero-order valence-corrected chi connectivity index (χ0v) is 18.0. The van der Waals surface area contributed by atoms with Crippen LogP contribution in [0.1, 0.15) is 35.2 Å². The van der Waals surface area contributed by atoms with Crippen LogP contribution in [-0.4, -0.2) is 30.3 Å². The fourth-order valence-electron chi connectivity index (χ4n) is 3.14. The van der Waals surface area contributed by atoms with E-state index in [0.717, 1.165) is 6.42 Å². The van der Waals surface area contributed by atoms with Gasteiger partial charge in [0.1, 0.15) is 12.3 Å². The fourth-order valence-corrected chi connectivity index (χ4v) is 3.49. The zero-order chi connectivity index (χ0) is 22.0. The standard InChI is InChI=1S/C21H17Cl2N5O3/c1-2-4-17-20(25-26-28(17)16-6-3-5-13(22)9-16)21(30)31-12-15-10-19(29)27-11-14(23)7-8-18(27)24-15/h3,5-11H,2,4,12H2,1H3. The van der Waals surface area contributed by atoms with Crippen molar-refractivity contribution in [2.45, 2.75) is 26.4 Å². The Labute approximate surface area is 187 Å². The second-order valence-corrected chi connectivity index (χ2v) is 7.64. The Hall–Kier alpha value is -3.23.